The van der Waals surface area contributed by atoms with E-state index < -0.39 is 5.41 Å². The van der Waals surface area contributed by atoms with Gasteiger partial charge in [-0.25, -0.2) is 0 Å². The van der Waals surface area contributed by atoms with Crippen molar-refractivity contribution in [3.63, 3.8) is 0 Å². The molecule has 342 valence electrons. The van der Waals surface area contributed by atoms with E-state index in [9.17, 15) is 0 Å². The average Bonchev–Trinajstić information content (AvgIpc) is 4.23. The van der Waals surface area contributed by atoms with Crippen LogP contribution < -0.4 is 23.7 Å². The van der Waals surface area contributed by atoms with Gasteiger partial charge in [-0.15, -0.1) is 30.6 Å². The molecule has 7 aromatic carbocycles. The summed E-state index contributed by atoms with van der Waals surface area (Å²) in [7, 11) is 7.99. The number of aromatic nitrogens is 6. The molecule has 0 unspecified atom stereocenters. The van der Waals surface area contributed by atoms with Crippen LogP contribution in [0.15, 0.2) is 171 Å². The zero-order valence-corrected chi connectivity index (χ0v) is 38.5. The van der Waals surface area contributed by atoms with E-state index in [1.165, 1.54) is 0 Å². The Bertz CT molecular complexity index is 3250. The Labute approximate surface area is 397 Å². The Morgan fingerprint density at radius 3 is 0.942 bits per heavy atom. The molecule has 0 fully saturated rings. The van der Waals surface area contributed by atoms with Gasteiger partial charge < -0.3 is 36.9 Å². The summed E-state index contributed by atoms with van der Waals surface area (Å²) in [6.07, 6.45) is 0. The van der Waals surface area contributed by atoms with E-state index in [-0.39, 0.29) is 0 Å². The molecule has 0 N–H and O–H groups in total. The smallest absolute Gasteiger partial charge is 0.248 e. The third-order valence-electron chi connectivity index (χ3n) is 12.1. The highest BCUT2D eigenvalue weighted by atomic mass is 16.5. The Balaban J connectivity index is 1.06. The maximum Gasteiger partial charge on any atom is 0.248 e. The summed E-state index contributed by atoms with van der Waals surface area (Å²) in [5, 5.41) is 26.4. The minimum absolute atomic E-state index is 0.345. The van der Waals surface area contributed by atoms with Crippen LogP contribution in [0.4, 0.5) is 0 Å². The highest BCUT2D eigenvalue weighted by Crippen LogP contribution is 2.47. The van der Waals surface area contributed by atoms with Gasteiger partial charge in [-0.3, -0.25) is 0 Å². The molecule has 69 heavy (non-hydrogen) atoms. The number of rotatable bonds is 15. The summed E-state index contributed by atoms with van der Waals surface area (Å²) in [5.74, 6) is 5.23. The van der Waals surface area contributed by atoms with Crippen molar-refractivity contribution in [3.8, 4) is 97.5 Å². The molecule has 0 aliphatic heterocycles. The van der Waals surface area contributed by atoms with E-state index in [0.29, 0.717) is 69.5 Å². The number of aryl methyl sites for hydroxylation is 1. The number of benzene rings is 7. The van der Waals surface area contributed by atoms with E-state index in [0.717, 1.165) is 55.8 Å². The minimum atomic E-state index is -0.866. The molecule has 0 bridgehead atoms. The summed E-state index contributed by atoms with van der Waals surface area (Å²) < 4.78 is 46.1. The van der Waals surface area contributed by atoms with Gasteiger partial charge in [0.1, 0.15) is 5.75 Å². The molecule has 0 atom stereocenters. The largest absolute Gasteiger partial charge is 0.496 e. The minimum Gasteiger partial charge on any atom is -0.496 e. The maximum atomic E-state index is 6.25. The first-order chi connectivity index (χ1) is 33.8. The predicted octanol–water partition coefficient (Wildman–Crippen LogP) is 11.6. The second kappa shape index (κ2) is 18.7. The summed E-state index contributed by atoms with van der Waals surface area (Å²) in [6.45, 7) is 1.98. The fourth-order valence-corrected chi connectivity index (χ4v) is 8.54. The molecule has 3 heterocycles. The molecule has 0 spiro atoms. The Morgan fingerprint density at radius 1 is 0.304 bits per heavy atom. The quantitative estimate of drug-likeness (QED) is 0.0892. The molecule has 3 aromatic heterocycles. The van der Waals surface area contributed by atoms with Crippen LogP contribution in [-0.4, -0.2) is 66.1 Å². The summed E-state index contributed by atoms with van der Waals surface area (Å²) in [4.78, 5) is 0. The van der Waals surface area contributed by atoms with Crippen LogP contribution >= 0.6 is 0 Å². The molecular formula is C55H44N6O8. The van der Waals surface area contributed by atoms with Crippen LogP contribution in [0.2, 0.25) is 0 Å². The molecule has 10 aromatic rings. The first-order valence-corrected chi connectivity index (χ1v) is 21.8. The van der Waals surface area contributed by atoms with Crippen molar-refractivity contribution in [2.24, 2.45) is 0 Å². The zero-order chi connectivity index (χ0) is 47.5. The molecule has 0 amide bonds. The molecule has 0 saturated heterocycles. The molecular weight excluding hydrogens is 873 g/mol. The molecule has 0 saturated carbocycles. The lowest BCUT2D eigenvalue weighted by molar-refractivity contribution is 0.355. The lowest BCUT2D eigenvalue weighted by atomic mass is 9.65. The van der Waals surface area contributed by atoms with Gasteiger partial charge in [0, 0.05) is 33.4 Å². The maximum absolute atomic E-state index is 6.25. The van der Waals surface area contributed by atoms with E-state index in [4.69, 9.17) is 36.9 Å². The molecule has 0 radical (unpaired) electrons. The highest BCUT2D eigenvalue weighted by molar-refractivity contribution is 5.69. The number of hydrogen-bond donors (Lipinski definition) is 0. The van der Waals surface area contributed by atoms with Gasteiger partial charge in [0.05, 0.1) is 41.0 Å². The average molecular weight is 917 g/mol. The Hall–Kier alpha value is -9.04. The van der Waals surface area contributed by atoms with Crippen LogP contribution in [0, 0.1) is 6.92 Å². The fraction of sp³-hybridized carbons (Fsp3) is 0.127. The monoisotopic (exact) mass is 916 g/mol. The first-order valence-electron chi connectivity index (χ1n) is 21.8. The number of hydrogen-bond acceptors (Lipinski definition) is 14. The van der Waals surface area contributed by atoms with Crippen molar-refractivity contribution < 1.29 is 36.9 Å². The number of methoxy groups -OCH3 is 5. The third kappa shape index (κ3) is 8.18. The predicted molar refractivity (Wildman–Crippen MR) is 258 cm³/mol. The number of ether oxygens (including phenoxy) is 5. The summed E-state index contributed by atoms with van der Waals surface area (Å²) >= 11 is 0. The van der Waals surface area contributed by atoms with Crippen molar-refractivity contribution in [1.29, 1.82) is 0 Å². The van der Waals surface area contributed by atoms with E-state index in [1.807, 2.05) is 91.9 Å². The van der Waals surface area contributed by atoms with Crippen molar-refractivity contribution in [2.75, 3.05) is 35.5 Å². The Kier molecular flexibility index (Phi) is 11.9. The van der Waals surface area contributed by atoms with Gasteiger partial charge in [-0.1, -0.05) is 72.8 Å². The van der Waals surface area contributed by atoms with Gasteiger partial charge in [-0.2, -0.15) is 0 Å². The lowest BCUT2D eigenvalue weighted by Crippen LogP contribution is -2.31. The topological polar surface area (TPSA) is 163 Å². The summed E-state index contributed by atoms with van der Waals surface area (Å²) in [5.41, 5.74) is 8.48. The van der Waals surface area contributed by atoms with Gasteiger partial charge >= 0.3 is 0 Å². The van der Waals surface area contributed by atoms with Gasteiger partial charge in [-0.05, 0) is 120 Å². The second-order valence-electron chi connectivity index (χ2n) is 15.9. The van der Waals surface area contributed by atoms with E-state index in [1.54, 1.807) is 59.8 Å². The van der Waals surface area contributed by atoms with Crippen LogP contribution in [0.1, 0.15) is 27.8 Å². The molecule has 10 rings (SSSR count). The van der Waals surface area contributed by atoms with Crippen LogP contribution in [-0.2, 0) is 5.41 Å². The van der Waals surface area contributed by atoms with Crippen molar-refractivity contribution in [3.05, 3.63) is 186 Å². The van der Waals surface area contributed by atoms with E-state index >= 15 is 0 Å². The molecule has 14 nitrogen and oxygen atoms in total. The SMILES string of the molecule is COc1cc(-c2nnc(-c3ccc(C(c4ccccc4)(c4ccc(-c5nnc(-c6ccc(OC)c(OC)c6)o5)cc4)c4ccc(-c5nnc(-c6ccc(OC)c(OC)c6)o5)cc4)cc3)o2)ccc1C. The van der Waals surface area contributed by atoms with Gasteiger partial charge in [0.25, 0.3) is 0 Å². The lowest BCUT2D eigenvalue weighted by Gasteiger charge is -2.37. The zero-order valence-electron chi connectivity index (χ0n) is 38.5. The third-order valence-corrected chi connectivity index (χ3v) is 12.1. The fourth-order valence-electron chi connectivity index (χ4n) is 8.54. The molecule has 14 heteroatoms. The van der Waals surface area contributed by atoms with Gasteiger partial charge in [0.15, 0.2) is 23.0 Å². The van der Waals surface area contributed by atoms with Crippen molar-refractivity contribution in [2.45, 2.75) is 12.3 Å². The highest BCUT2D eigenvalue weighted by Gasteiger charge is 2.39. The summed E-state index contributed by atoms with van der Waals surface area (Å²) in [6, 6.07) is 51.7. The molecule has 0 aliphatic carbocycles. The van der Waals surface area contributed by atoms with Crippen LogP contribution in [0.25, 0.3) is 68.7 Å². The standard InChI is InChI=1S/C55H44N6O8/c1-33-12-13-37(30-46(33)64-4)52-59-56-49(67-52)34-14-22-41(23-15-34)55(40-10-8-7-9-11-40,42-24-16-35(17-25-42)50-57-60-53(68-50)38-20-28-44(62-2)47(31-38)65-5)43-26-18-36(19-27-43)51-58-61-54(69-51)39-21-29-45(63-3)48(32-39)66-6/h7-32H,1-6H3. The van der Waals surface area contributed by atoms with Crippen molar-refractivity contribution in [1.82, 2.24) is 30.6 Å². The molecule has 0 aliphatic rings. The van der Waals surface area contributed by atoms with Crippen LogP contribution in [0.5, 0.6) is 28.7 Å². The van der Waals surface area contributed by atoms with E-state index in [2.05, 4.69) is 79.1 Å². The normalized spacial score (nSPS) is 11.3. The van der Waals surface area contributed by atoms with Crippen LogP contribution in [0.3, 0.4) is 0 Å². The second-order valence-corrected chi connectivity index (χ2v) is 15.9. The van der Waals surface area contributed by atoms with Crippen molar-refractivity contribution >= 4 is 0 Å². The first kappa shape index (κ1) is 43.8. The number of nitrogens with zero attached hydrogens (tertiary/aromatic N) is 6. The Morgan fingerprint density at radius 2 is 0.594 bits per heavy atom. The van der Waals surface area contributed by atoms with Gasteiger partial charge in [0.2, 0.25) is 35.3 Å².